The van der Waals surface area contributed by atoms with Crippen molar-refractivity contribution in [3.63, 3.8) is 0 Å². The normalized spacial score (nSPS) is 11.6. The number of hydrogen-bond donors (Lipinski definition) is 2. The van der Waals surface area contributed by atoms with Crippen LogP contribution in [-0.2, 0) is 0 Å². The zero-order chi connectivity index (χ0) is 24.5. The van der Waals surface area contributed by atoms with E-state index in [1.165, 1.54) is 26.8 Å². The molecule has 0 fully saturated rings. The Balaban J connectivity index is 1.66. The number of benzene rings is 6. The van der Waals surface area contributed by atoms with Crippen LogP contribution in [0.15, 0.2) is 133 Å². The van der Waals surface area contributed by atoms with Gasteiger partial charge < -0.3 is 0 Å². The van der Waals surface area contributed by atoms with Crippen LogP contribution in [0.2, 0.25) is 0 Å². The number of hydrogen-bond acceptors (Lipinski definition) is 2. The van der Waals surface area contributed by atoms with Crippen LogP contribution in [0.5, 0.6) is 0 Å². The SMILES string of the molecule is Nc1ccc2ccccc2c1-c1c(NP(=[Se])(c2ccccc2)c2ccccc2)ccc2ccccc12. The number of rotatable bonds is 5. The van der Waals surface area contributed by atoms with E-state index in [-0.39, 0.29) is 0 Å². The Labute approximate surface area is 219 Å². The van der Waals surface area contributed by atoms with Crippen molar-refractivity contribution in [2.75, 3.05) is 10.8 Å². The zero-order valence-corrected chi connectivity index (χ0v) is 22.2. The predicted molar refractivity (Wildman–Crippen MR) is 160 cm³/mol. The molecule has 0 heterocycles. The van der Waals surface area contributed by atoms with Gasteiger partial charge in [0.2, 0.25) is 0 Å². The van der Waals surface area contributed by atoms with E-state index in [2.05, 4.69) is 148 Å². The Morgan fingerprint density at radius 2 is 0.972 bits per heavy atom. The summed E-state index contributed by atoms with van der Waals surface area (Å²) < 4.78 is 0. The molecule has 0 saturated heterocycles. The first kappa shape index (κ1) is 22.8. The van der Waals surface area contributed by atoms with Crippen LogP contribution in [0.4, 0.5) is 11.4 Å². The van der Waals surface area contributed by atoms with Gasteiger partial charge in [0.05, 0.1) is 0 Å². The molecule has 6 aromatic carbocycles. The molecular weight excluding hydrogens is 522 g/mol. The van der Waals surface area contributed by atoms with Crippen LogP contribution in [0.1, 0.15) is 0 Å². The summed E-state index contributed by atoms with van der Waals surface area (Å²) in [6, 6.07) is 46.9. The first-order valence-electron chi connectivity index (χ1n) is 11.9. The summed E-state index contributed by atoms with van der Waals surface area (Å²) in [6.45, 7) is 0. The van der Waals surface area contributed by atoms with E-state index in [0.717, 1.165) is 27.9 Å². The Morgan fingerprint density at radius 3 is 1.56 bits per heavy atom. The second kappa shape index (κ2) is 9.45. The monoisotopic (exact) mass is 548 g/mol. The quantitative estimate of drug-likeness (QED) is 0.135. The van der Waals surface area contributed by atoms with Gasteiger partial charge in [-0.3, -0.25) is 0 Å². The summed E-state index contributed by atoms with van der Waals surface area (Å²) in [4.78, 5) is 0. The van der Waals surface area contributed by atoms with Gasteiger partial charge in [-0.1, -0.05) is 0 Å². The Bertz CT molecular complexity index is 1700. The van der Waals surface area contributed by atoms with E-state index in [1.807, 2.05) is 6.07 Å². The van der Waals surface area contributed by atoms with Gasteiger partial charge >= 0.3 is 220 Å². The average Bonchev–Trinajstić information content (AvgIpc) is 2.94. The van der Waals surface area contributed by atoms with Crippen molar-refractivity contribution < 1.29 is 0 Å². The van der Waals surface area contributed by atoms with Crippen molar-refractivity contribution in [1.29, 1.82) is 0 Å². The Hall–Kier alpha value is -3.61. The van der Waals surface area contributed by atoms with Crippen molar-refractivity contribution in [3.05, 3.63) is 133 Å². The number of anilines is 2. The average molecular weight is 548 g/mol. The van der Waals surface area contributed by atoms with Crippen LogP contribution < -0.4 is 21.4 Å². The van der Waals surface area contributed by atoms with Gasteiger partial charge in [-0.15, -0.1) is 0 Å². The summed E-state index contributed by atoms with van der Waals surface area (Å²) in [5.74, 6) is 0. The molecule has 174 valence electrons. The fourth-order valence-electron chi connectivity index (χ4n) is 4.93. The molecule has 3 N–H and O–H groups in total. The fraction of sp³-hybridized carbons (Fsp3) is 0. The number of nitrogens with one attached hydrogen (secondary N) is 1. The summed E-state index contributed by atoms with van der Waals surface area (Å²) >= 11 is 3.62. The summed E-state index contributed by atoms with van der Waals surface area (Å²) in [7, 11) is 0. The third-order valence-electron chi connectivity index (χ3n) is 6.66. The standard InChI is InChI=1S/C32H25N2PSe/c33-29-21-19-23-11-7-9-17-27(23)31(29)32-28-18-10-8-12-24(28)20-22-30(32)34-35(36,25-13-3-1-4-14-25)26-15-5-2-6-16-26/h1-22H,33H2,(H,34,36). The molecule has 6 aromatic rings. The van der Waals surface area contributed by atoms with E-state index in [1.54, 1.807) is 0 Å². The van der Waals surface area contributed by atoms with Crippen molar-refractivity contribution in [2.45, 2.75) is 0 Å². The van der Waals surface area contributed by atoms with Crippen molar-refractivity contribution >= 4 is 64.3 Å². The van der Waals surface area contributed by atoms with Gasteiger partial charge in [0.15, 0.2) is 0 Å². The van der Waals surface area contributed by atoms with Gasteiger partial charge in [-0.2, -0.15) is 0 Å². The van der Waals surface area contributed by atoms with Crippen LogP contribution >= 0.6 is 5.66 Å². The molecule has 0 saturated carbocycles. The fourth-order valence-corrected chi connectivity index (χ4v) is 9.34. The molecular formula is C32H25N2PSe. The predicted octanol–water partition coefficient (Wildman–Crippen LogP) is 7.32. The minimum atomic E-state index is -2.11. The molecule has 0 aliphatic carbocycles. The molecule has 0 aromatic heterocycles. The van der Waals surface area contributed by atoms with Gasteiger partial charge in [-0.05, 0) is 0 Å². The van der Waals surface area contributed by atoms with Crippen molar-refractivity contribution in [1.82, 2.24) is 0 Å². The third-order valence-corrected chi connectivity index (χ3v) is 12.5. The second-order valence-electron chi connectivity index (χ2n) is 8.85. The molecule has 2 nitrogen and oxygen atoms in total. The topological polar surface area (TPSA) is 38.0 Å². The Kier molecular flexibility index (Phi) is 5.99. The van der Waals surface area contributed by atoms with Gasteiger partial charge in [0, 0.05) is 0 Å². The first-order chi connectivity index (χ1) is 17.6. The summed E-state index contributed by atoms with van der Waals surface area (Å²) in [6.07, 6.45) is 0. The molecule has 0 unspecified atom stereocenters. The maximum absolute atomic E-state index is 6.74. The van der Waals surface area contributed by atoms with E-state index >= 15 is 0 Å². The zero-order valence-electron chi connectivity index (χ0n) is 19.6. The molecule has 0 bridgehead atoms. The molecule has 36 heavy (non-hydrogen) atoms. The van der Waals surface area contributed by atoms with Crippen molar-refractivity contribution in [2.24, 2.45) is 0 Å². The van der Waals surface area contributed by atoms with Crippen LogP contribution in [0.25, 0.3) is 32.7 Å². The summed E-state index contributed by atoms with van der Waals surface area (Å²) in [5, 5.41) is 11.2. The van der Waals surface area contributed by atoms with Gasteiger partial charge in [0.25, 0.3) is 0 Å². The molecule has 0 amide bonds. The maximum atomic E-state index is 6.74. The minimum absolute atomic E-state index is 0.775. The van der Waals surface area contributed by atoms with E-state index in [9.17, 15) is 0 Å². The number of fused-ring (bicyclic) bond motifs is 2. The number of nitrogens with two attached hydrogens (primary N) is 1. The molecule has 0 aliphatic rings. The molecule has 4 heteroatoms. The van der Waals surface area contributed by atoms with E-state index in [4.69, 9.17) is 5.73 Å². The van der Waals surface area contributed by atoms with Crippen LogP contribution in [-0.4, -0.2) is 15.1 Å². The third kappa shape index (κ3) is 3.96. The van der Waals surface area contributed by atoms with E-state index in [0.29, 0.717) is 0 Å². The second-order valence-corrected chi connectivity index (χ2v) is 14.8. The summed E-state index contributed by atoms with van der Waals surface area (Å²) in [5.41, 5.74) is 8.67. The molecule has 0 spiro atoms. The Morgan fingerprint density at radius 1 is 0.500 bits per heavy atom. The van der Waals surface area contributed by atoms with Crippen molar-refractivity contribution in [3.8, 4) is 11.1 Å². The van der Waals surface area contributed by atoms with E-state index < -0.39 is 5.66 Å². The van der Waals surface area contributed by atoms with Crippen LogP contribution in [0.3, 0.4) is 0 Å². The van der Waals surface area contributed by atoms with Gasteiger partial charge in [-0.25, -0.2) is 0 Å². The molecule has 0 atom stereocenters. The number of nitrogen functional groups attached to an aromatic ring is 1. The molecule has 0 aliphatic heterocycles. The first-order valence-corrected chi connectivity index (χ1v) is 15.9. The van der Waals surface area contributed by atoms with Gasteiger partial charge in [0.1, 0.15) is 0 Å². The molecule has 6 rings (SSSR count). The van der Waals surface area contributed by atoms with Crippen LogP contribution in [0, 0.1) is 0 Å². The molecule has 0 radical (unpaired) electrons.